The van der Waals surface area contributed by atoms with Crippen molar-refractivity contribution in [3.8, 4) is 11.5 Å². The highest BCUT2D eigenvalue weighted by Crippen LogP contribution is 2.30. The Bertz CT molecular complexity index is 1010. The number of carbonyl (C=O) groups is 3. The summed E-state index contributed by atoms with van der Waals surface area (Å²) >= 11 is 0. The van der Waals surface area contributed by atoms with Gasteiger partial charge >= 0.3 is 11.9 Å². The Hall–Kier alpha value is -3.44. The van der Waals surface area contributed by atoms with Crippen LogP contribution in [0.5, 0.6) is 11.5 Å². The van der Waals surface area contributed by atoms with E-state index in [2.05, 4.69) is 23.5 Å². The molecule has 0 aliphatic carbocycles. The van der Waals surface area contributed by atoms with E-state index in [9.17, 15) is 14.4 Å². The molecule has 1 aliphatic rings. The summed E-state index contributed by atoms with van der Waals surface area (Å²) in [5.41, 5.74) is 1.54. The lowest BCUT2D eigenvalue weighted by Gasteiger charge is -2.31. The third-order valence-electron chi connectivity index (χ3n) is 5.54. The Kier molecular flexibility index (Phi) is 12.2. The van der Waals surface area contributed by atoms with Crippen molar-refractivity contribution in [2.75, 3.05) is 27.1 Å². The molecule has 2 rings (SSSR count). The van der Waals surface area contributed by atoms with Crippen molar-refractivity contribution in [2.45, 2.75) is 71.3 Å². The maximum atomic E-state index is 13.2. The van der Waals surface area contributed by atoms with Crippen molar-refractivity contribution < 1.29 is 42.8 Å². The van der Waals surface area contributed by atoms with Crippen LogP contribution < -0.4 is 14.8 Å². The second-order valence-corrected chi connectivity index (χ2v) is 9.23. The molecule has 0 spiro atoms. The number of ether oxygens (including phenoxy) is 6. The van der Waals surface area contributed by atoms with Crippen molar-refractivity contribution in [3.63, 3.8) is 0 Å². The molecule has 0 radical (unpaired) electrons. The first-order valence-corrected chi connectivity index (χ1v) is 12.4. The van der Waals surface area contributed by atoms with Crippen LogP contribution >= 0.6 is 0 Å². The number of methoxy groups -OCH3 is 1. The molecule has 0 aromatic carbocycles. The quantitative estimate of drug-likeness (QED) is 0.242. The van der Waals surface area contributed by atoms with Gasteiger partial charge in [0.05, 0.1) is 26.4 Å². The predicted octanol–water partition coefficient (Wildman–Crippen LogP) is 3.13. The number of nitrogens with zero attached hydrogens (tertiary/aromatic N) is 1. The number of cyclic esters (lactones) is 1. The first-order chi connectivity index (χ1) is 18.0. The molecule has 4 unspecified atom stereocenters. The van der Waals surface area contributed by atoms with Crippen LogP contribution in [0.4, 0.5) is 0 Å². The number of carbonyl (C=O) groups excluding carboxylic acids is 3. The summed E-state index contributed by atoms with van der Waals surface area (Å²) in [7, 11) is 1.39. The molecule has 210 valence electrons. The van der Waals surface area contributed by atoms with E-state index in [-0.39, 0.29) is 29.9 Å². The molecule has 1 aromatic rings. The van der Waals surface area contributed by atoms with Gasteiger partial charge in [0.1, 0.15) is 18.2 Å². The fourth-order valence-electron chi connectivity index (χ4n) is 3.77. The molecule has 11 nitrogen and oxygen atoms in total. The van der Waals surface area contributed by atoms with E-state index in [0.717, 1.165) is 11.1 Å². The van der Waals surface area contributed by atoms with Crippen molar-refractivity contribution in [3.05, 3.63) is 42.3 Å². The van der Waals surface area contributed by atoms with Gasteiger partial charge in [-0.25, -0.2) is 9.78 Å². The summed E-state index contributed by atoms with van der Waals surface area (Å²) in [5, 5.41) is 2.69. The zero-order valence-corrected chi connectivity index (χ0v) is 22.7. The number of aromatic nitrogens is 1. The van der Waals surface area contributed by atoms with Gasteiger partial charge in [0.25, 0.3) is 5.91 Å². The minimum absolute atomic E-state index is 0.0277. The lowest BCUT2D eigenvalue weighted by molar-refractivity contribution is -0.165. The summed E-state index contributed by atoms with van der Waals surface area (Å²) in [6.07, 6.45) is 1.22. The molecule has 1 amide bonds. The molecule has 4 atom stereocenters. The van der Waals surface area contributed by atoms with Crippen LogP contribution in [0.2, 0.25) is 0 Å². The maximum Gasteiger partial charge on any atom is 0.329 e. The van der Waals surface area contributed by atoms with Gasteiger partial charge in [-0.3, -0.25) is 9.59 Å². The van der Waals surface area contributed by atoms with E-state index in [1.54, 1.807) is 6.92 Å². The van der Waals surface area contributed by atoms with Crippen LogP contribution in [0, 0.1) is 0 Å². The van der Waals surface area contributed by atoms with Crippen molar-refractivity contribution in [1.82, 2.24) is 10.3 Å². The van der Waals surface area contributed by atoms with Gasteiger partial charge in [-0.05, 0) is 40.0 Å². The molecule has 0 saturated carbocycles. The summed E-state index contributed by atoms with van der Waals surface area (Å²) < 4.78 is 33.3. The van der Waals surface area contributed by atoms with E-state index in [4.69, 9.17) is 28.4 Å². The van der Waals surface area contributed by atoms with Crippen LogP contribution in [0.25, 0.3) is 0 Å². The first-order valence-electron chi connectivity index (χ1n) is 12.4. The van der Waals surface area contributed by atoms with E-state index >= 15 is 0 Å². The number of esters is 2. The standard InChI is InChI=1S/C27H38N2O9/c1-16(2)13-34-22-10-8-9-20(27(32)38-18(5)24(22)35-14-17(3)4)29-26(31)23-25(37-15-36-19(6)30)21(33-7)11-12-28-23/h11-12,18,20,22,24H,1,3,8-10,13-15H2,2,4-7H3,(H,29,31). The van der Waals surface area contributed by atoms with Crippen LogP contribution in [0.3, 0.4) is 0 Å². The highest BCUT2D eigenvalue weighted by Gasteiger charge is 2.36. The number of nitrogens with one attached hydrogen (secondary N) is 1. The molecule has 1 aliphatic heterocycles. The Balaban J connectivity index is 2.22. The van der Waals surface area contributed by atoms with E-state index in [1.165, 1.54) is 26.3 Å². The SMILES string of the molecule is C=C(C)COC1CCCC(NC(=O)c2nccc(OC)c2OCOC(C)=O)C(=O)OC(C)C1OCC(=C)C. The average Bonchev–Trinajstić information content (AvgIpc) is 2.89. The number of hydrogen-bond acceptors (Lipinski definition) is 10. The normalized spacial score (nSPS) is 21.7. The van der Waals surface area contributed by atoms with Gasteiger partial charge in [0, 0.05) is 19.2 Å². The molecular weight excluding hydrogens is 496 g/mol. The van der Waals surface area contributed by atoms with Crippen LogP contribution in [0.15, 0.2) is 36.6 Å². The second-order valence-electron chi connectivity index (χ2n) is 9.23. The van der Waals surface area contributed by atoms with Gasteiger partial charge in [-0.2, -0.15) is 0 Å². The number of amides is 1. The van der Waals surface area contributed by atoms with Gasteiger partial charge < -0.3 is 33.7 Å². The molecular formula is C27H38N2O9. The van der Waals surface area contributed by atoms with Gasteiger partial charge in [-0.1, -0.05) is 24.3 Å². The maximum absolute atomic E-state index is 13.2. The van der Waals surface area contributed by atoms with E-state index in [0.29, 0.717) is 25.9 Å². The van der Waals surface area contributed by atoms with Gasteiger partial charge in [0.15, 0.2) is 17.2 Å². The molecule has 11 heteroatoms. The Morgan fingerprint density at radius 3 is 2.45 bits per heavy atom. The zero-order chi connectivity index (χ0) is 28.2. The average molecular weight is 535 g/mol. The third-order valence-corrected chi connectivity index (χ3v) is 5.54. The van der Waals surface area contributed by atoms with E-state index in [1.807, 2.05) is 13.8 Å². The van der Waals surface area contributed by atoms with Crippen LogP contribution in [-0.2, 0) is 28.5 Å². The fraction of sp³-hybridized carbons (Fsp3) is 0.556. The summed E-state index contributed by atoms with van der Waals surface area (Å²) in [6, 6.07) is 0.535. The summed E-state index contributed by atoms with van der Waals surface area (Å²) in [5.74, 6) is -1.67. The minimum Gasteiger partial charge on any atom is -0.493 e. The second kappa shape index (κ2) is 15.1. The predicted molar refractivity (Wildman–Crippen MR) is 138 cm³/mol. The molecule has 1 saturated heterocycles. The number of rotatable bonds is 12. The smallest absolute Gasteiger partial charge is 0.329 e. The third kappa shape index (κ3) is 9.46. The molecule has 0 bridgehead atoms. The largest absolute Gasteiger partial charge is 0.493 e. The van der Waals surface area contributed by atoms with Gasteiger partial charge in [0.2, 0.25) is 6.79 Å². The van der Waals surface area contributed by atoms with Gasteiger partial charge in [-0.15, -0.1) is 0 Å². The highest BCUT2D eigenvalue weighted by atomic mass is 16.7. The van der Waals surface area contributed by atoms with E-state index < -0.39 is 42.9 Å². The summed E-state index contributed by atoms with van der Waals surface area (Å²) in [6.45, 7) is 14.6. The highest BCUT2D eigenvalue weighted by molar-refractivity contribution is 5.98. The van der Waals surface area contributed by atoms with Crippen molar-refractivity contribution in [2.24, 2.45) is 0 Å². The Morgan fingerprint density at radius 2 is 1.82 bits per heavy atom. The van der Waals surface area contributed by atoms with Crippen molar-refractivity contribution >= 4 is 17.8 Å². The molecule has 38 heavy (non-hydrogen) atoms. The topological polar surface area (TPSA) is 132 Å². The monoisotopic (exact) mass is 534 g/mol. The lowest BCUT2D eigenvalue weighted by atomic mass is 10.0. The molecule has 2 heterocycles. The first kappa shape index (κ1) is 30.8. The number of hydrogen-bond donors (Lipinski definition) is 1. The Labute approximate surface area is 223 Å². The zero-order valence-electron chi connectivity index (χ0n) is 22.7. The lowest BCUT2D eigenvalue weighted by Crippen LogP contribution is -2.46. The molecule has 1 fully saturated rings. The van der Waals surface area contributed by atoms with Crippen molar-refractivity contribution in [1.29, 1.82) is 0 Å². The minimum atomic E-state index is -0.957. The molecule has 1 N–H and O–H groups in total. The summed E-state index contributed by atoms with van der Waals surface area (Å²) in [4.78, 5) is 41.5. The van der Waals surface area contributed by atoms with Crippen LogP contribution in [-0.4, -0.2) is 74.3 Å². The fourth-order valence-corrected chi connectivity index (χ4v) is 3.77. The van der Waals surface area contributed by atoms with Crippen LogP contribution in [0.1, 0.15) is 57.4 Å². The molecule has 1 aromatic heterocycles. The Morgan fingerprint density at radius 1 is 1.13 bits per heavy atom. The number of pyridine rings is 1.